The van der Waals surface area contributed by atoms with Gasteiger partial charge < -0.3 is 8.98 Å². The first kappa shape index (κ1) is 15.0. The van der Waals surface area contributed by atoms with Gasteiger partial charge in [0.2, 0.25) is 0 Å². The summed E-state index contributed by atoms with van der Waals surface area (Å²) in [5.41, 5.74) is 3.74. The molecule has 0 aliphatic carbocycles. The van der Waals surface area contributed by atoms with E-state index in [0.29, 0.717) is 0 Å². The van der Waals surface area contributed by atoms with Crippen LogP contribution in [-0.2, 0) is 4.57 Å². The zero-order chi connectivity index (χ0) is 18.0. The summed E-state index contributed by atoms with van der Waals surface area (Å²) in [5.74, 6) is 0. The van der Waals surface area contributed by atoms with Gasteiger partial charge in [0, 0.05) is 26.7 Å². The third kappa shape index (κ3) is 1.83. The molecule has 27 heavy (non-hydrogen) atoms. The molecule has 5 aromatic rings. The Hall–Kier alpha value is -3.09. The summed E-state index contributed by atoms with van der Waals surface area (Å²) in [4.78, 5) is 0. The van der Waals surface area contributed by atoms with Crippen LogP contribution in [0.2, 0.25) is 0 Å². The van der Waals surface area contributed by atoms with E-state index in [0.717, 1.165) is 49.0 Å². The number of rotatable bonds is 1. The molecule has 0 N–H and O–H groups in total. The Balaban J connectivity index is 1.87. The fourth-order valence-electron chi connectivity index (χ4n) is 4.35. The second-order valence-corrected chi connectivity index (χ2v) is 9.56. The van der Waals surface area contributed by atoms with E-state index in [2.05, 4.69) is 18.2 Å². The molecule has 0 fully saturated rings. The first-order chi connectivity index (χ1) is 13.3. The summed E-state index contributed by atoms with van der Waals surface area (Å²) < 4.78 is 20.9. The van der Waals surface area contributed by atoms with E-state index in [1.54, 1.807) is 0 Å². The molecule has 4 aromatic carbocycles. The summed E-state index contributed by atoms with van der Waals surface area (Å²) in [6.45, 7) is 0. The zero-order valence-electron chi connectivity index (χ0n) is 14.4. The Labute approximate surface area is 156 Å². The first-order valence-electron chi connectivity index (χ1n) is 8.99. The average Bonchev–Trinajstić information content (AvgIpc) is 3.23. The Bertz CT molecular complexity index is 1400. The number of hydrogen-bond acceptors (Lipinski definition) is 2. The highest BCUT2D eigenvalue weighted by molar-refractivity contribution is 7.86. The van der Waals surface area contributed by atoms with Gasteiger partial charge in [-0.3, -0.25) is 0 Å². The van der Waals surface area contributed by atoms with Gasteiger partial charge in [-0.15, -0.1) is 0 Å². The molecule has 128 valence electrons. The number of benzene rings is 4. The SMILES string of the molecule is O=P1(c2ccccc2)c2ccccc2-c2ccc3oc4ccccc4c3c21. The molecule has 0 bridgehead atoms. The van der Waals surface area contributed by atoms with Gasteiger partial charge in [0.25, 0.3) is 0 Å². The van der Waals surface area contributed by atoms with Crippen molar-refractivity contribution in [1.82, 2.24) is 0 Å². The molecule has 1 aliphatic heterocycles. The number of para-hydroxylation sites is 1. The van der Waals surface area contributed by atoms with Gasteiger partial charge in [-0.25, -0.2) is 0 Å². The largest absolute Gasteiger partial charge is 0.456 e. The van der Waals surface area contributed by atoms with Crippen LogP contribution in [0.3, 0.4) is 0 Å². The molecular formula is C24H15O2P. The van der Waals surface area contributed by atoms with Crippen molar-refractivity contribution in [1.29, 1.82) is 0 Å². The summed E-state index contributed by atoms with van der Waals surface area (Å²) in [5, 5.41) is 4.70. The van der Waals surface area contributed by atoms with Gasteiger partial charge in [0.1, 0.15) is 11.2 Å². The highest BCUT2D eigenvalue weighted by Crippen LogP contribution is 2.54. The molecule has 2 heterocycles. The lowest BCUT2D eigenvalue weighted by atomic mass is 10.0. The first-order valence-corrected chi connectivity index (χ1v) is 10.7. The molecule has 2 nitrogen and oxygen atoms in total. The maximum atomic E-state index is 14.8. The smallest absolute Gasteiger partial charge is 0.172 e. The quantitative estimate of drug-likeness (QED) is 0.374. The predicted molar refractivity (Wildman–Crippen MR) is 112 cm³/mol. The average molecular weight is 366 g/mol. The van der Waals surface area contributed by atoms with Crippen molar-refractivity contribution in [3.8, 4) is 11.1 Å². The fourth-order valence-corrected chi connectivity index (χ4v) is 7.62. The van der Waals surface area contributed by atoms with Crippen molar-refractivity contribution in [2.45, 2.75) is 0 Å². The van der Waals surface area contributed by atoms with Crippen LogP contribution in [0, 0.1) is 0 Å². The van der Waals surface area contributed by atoms with E-state index in [9.17, 15) is 4.57 Å². The van der Waals surface area contributed by atoms with Gasteiger partial charge in [-0.2, -0.15) is 0 Å². The van der Waals surface area contributed by atoms with Crippen molar-refractivity contribution in [2.24, 2.45) is 0 Å². The van der Waals surface area contributed by atoms with Crippen molar-refractivity contribution in [2.75, 3.05) is 0 Å². The van der Waals surface area contributed by atoms with Crippen LogP contribution in [0.1, 0.15) is 0 Å². The Morgan fingerprint density at radius 2 is 1.37 bits per heavy atom. The van der Waals surface area contributed by atoms with Crippen molar-refractivity contribution >= 4 is 45.0 Å². The summed E-state index contributed by atoms with van der Waals surface area (Å²) in [6.07, 6.45) is 0. The van der Waals surface area contributed by atoms with Gasteiger partial charge in [-0.05, 0) is 29.3 Å². The molecule has 3 heteroatoms. The summed E-state index contributed by atoms with van der Waals surface area (Å²) >= 11 is 0. The normalized spacial score (nSPS) is 17.9. The molecule has 0 radical (unpaired) electrons. The standard InChI is InChI=1S/C24H15O2P/c25-27(16-8-2-1-3-9-16)22-13-7-5-10-17(22)18-14-15-21-23(24(18)27)19-11-4-6-12-20(19)26-21/h1-15H. The maximum Gasteiger partial charge on any atom is 0.172 e. The van der Waals surface area contributed by atoms with E-state index in [1.807, 2.05) is 72.8 Å². The summed E-state index contributed by atoms with van der Waals surface area (Å²) in [6, 6.07) is 30.0. The van der Waals surface area contributed by atoms with Crippen molar-refractivity contribution < 1.29 is 8.98 Å². The molecule has 0 saturated heterocycles. The summed E-state index contributed by atoms with van der Waals surface area (Å²) in [7, 11) is -2.98. The second-order valence-electron chi connectivity index (χ2n) is 6.90. The van der Waals surface area contributed by atoms with E-state index in [4.69, 9.17) is 4.42 Å². The van der Waals surface area contributed by atoms with Crippen molar-refractivity contribution in [3.05, 3.63) is 91.0 Å². The number of hydrogen-bond donors (Lipinski definition) is 0. The zero-order valence-corrected chi connectivity index (χ0v) is 15.3. The van der Waals surface area contributed by atoms with Crippen LogP contribution in [-0.4, -0.2) is 0 Å². The number of fused-ring (bicyclic) bond motifs is 7. The van der Waals surface area contributed by atoms with Gasteiger partial charge >= 0.3 is 0 Å². The van der Waals surface area contributed by atoms with Gasteiger partial charge in [0.15, 0.2) is 7.14 Å². The molecule has 1 aliphatic rings. The van der Waals surface area contributed by atoms with Crippen LogP contribution in [0.25, 0.3) is 33.1 Å². The molecule has 0 amide bonds. The van der Waals surface area contributed by atoms with Gasteiger partial charge in [-0.1, -0.05) is 72.8 Å². The molecule has 0 saturated carbocycles. The fraction of sp³-hybridized carbons (Fsp3) is 0. The topological polar surface area (TPSA) is 30.2 Å². The third-order valence-electron chi connectivity index (χ3n) is 5.48. The van der Waals surface area contributed by atoms with Crippen LogP contribution in [0.15, 0.2) is 95.4 Å². The van der Waals surface area contributed by atoms with Crippen LogP contribution in [0.5, 0.6) is 0 Å². The molecule has 1 atom stereocenters. The van der Waals surface area contributed by atoms with E-state index in [1.165, 1.54) is 0 Å². The van der Waals surface area contributed by atoms with Crippen LogP contribution >= 0.6 is 7.14 Å². The highest BCUT2D eigenvalue weighted by Gasteiger charge is 2.42. The molecular weight excluding hydrogens is 351 g/mol. The minimum Gasteiger partial charge on any atom is -0.456 e. The number of furan rings is 1. The molecule has 6 rings (SSSR count). The van der Waals surface area contributed by atoms with Crippen molar-refractivity contribution in [3.63, 3.8) is 0 Å². The van der Waals surface area contributed by atoms with E-state index in [-0.39, 0.29) is 0 Å². The Morgan fingerprint density at radius 3 is 2.26 bits per heavy atom. The lowest BCUT2D eigenvalue weighted by Crippen LogP contribution is -2.21. The molecule has 1 aromatic heterocycles. The van der Waals surface area contributed by atoms with Crippen LogP contribution in [0.4, 0.5) is 0 Å². The predicted octanol–water partition coefficient (Wildman–Crippen LogP) is 5.21. The lowest BCUT2D eigenvalue weighted by molar-refractivity contribution is 0.593. The Kier molecular flexibility index (Phi) is 2.90. The molecule has 1 unspecified atom stereocenters. The van der Waals surface area contributed by atoms with Crippen LogP contribution < -0.4 is 15.9 Å². The monoisotopic (exact) mass is 366 g/mol. The maximum absolute atomic E-state index is 14.8. The van der Waals surface area contributed by atoms with E-state index >= 15 is 0 Å². The van der Waals surface area contributed by atoms with Gasteiger partial charge in [0.05, 0.1) is 0 Å². The third-order valence-corrected chi connectivity index (χ3v) is 8.67. The molecule has 0 spiro atoms. The lowest BCUT2D eigenvalue weighted by Gasteiger charge is -2.16. The van der Waals surface area contributed by atoms with E-state index < -0.39 is 7.14 Å². The highest BCUT2D eigenvalue weighted by atomic mass is 31.2. The second kappa shape index (κ2) is 5.22. The minimum atomic E-state index is -2.98. The Morgan fingerprint density at radius 1 is 0.630 bits per heavy atom. The minimum absolute atomic E-state index is 0.791.